The second-order valence-electron chi connectivity index (χ2n) is 4.38. The van der Waals surface area contributed by atoms with E-state index in [1.54, 1.807) is 0 Å². The first-order valence-corrected chi connectivity index (χ1v) is 5.64. The average molecular weight is 184 g/mol. The Kier molecular flexibility index (Phi) is 8.07. The Morgan fingerprint density at radius 2 is 1.85 bits per heavy atom. The third-order valence-electron chi connectivity index (χ3n) is 2.52. The smallest absolute Gasteiger partial charge is 0.120 e. The fourth-order valence-electron chi connectivity index (χ4n) is 1.74. The fraction of sp³-hybridized carbons (Fsp3) is 0.917. The van der Waals surface area contributed by atoms with E-state index >= 15 is 0 Å². The minimum absolute atomic E-state index is 0.654. The van der Waals surface area contributed by atoms with Crippen LogP contribution in [0.2, 0.25) is 0 Å². The molecule has 0 amide bonds. The summed E-state index contributed by atoms with van der Waals surface area (Å²) in [6.07, 6.45) is 8.11. The van der Waals surface area contributed by atoms with Crippen molar-refractivity contribution in [2.75, 3.05) is 0 Å². The van der Waals surface area contributed by atoms with Gasteiger partial charge in [-0.2, -0.15) is 0 Å². The lowest BCUT2D eigenvalue weighted by Gasteiger charge is -2.13. The summed E-state index contributed by atoms with van der Waals surface area (Å²) >= 11 is 0. The van der Waals surface area contributed by atoms with Gasteiger partial charge in [-0.1, -0.05) is 52.9 Å². The van der Waals surface area contributed by atoms with Crippen molar-refractivity contribution in [1.29, 1.82) is 0 Å². The molecule has 0 N–H and O–H groups in total. The number of rotatable bonds is 8. The van der Waals surface area contributed by atoms with Gasteiger partial charge in [0.2, 0.25) is 0 Å². The van der Waals surface area contributed by atoms with Gasteiger partial charge in [-0.3, -0.25) is 0 Å². The molecule has 0 saturated carbocycles. The Labute approximate surface area is 82.9 Å². The molecular weight excluding hydrogens is 160 g/mol. The van der Waals surface area contributed by atoms with E-state index in [9.17, 15) is 4.79 Å². The van der Waals surface area contributed by atoms with Crippen molar-refractivity contribution < 1.29 is 4.79 Å². The summed E-state index contributed by atoms with van der Waals surface area (Å²) in [5.74, 6) is 1.46. The van der Waals surface area contributed by atoms with Crippen molar-refractivity contribution in [3.8, 4) is 0 Å². The van der Waals surface area contributed by atoms with E-state index in [0.29, 0.717) is 5.92 Å². The molecular formula is C12H24O. The zero-order valence-electron chi connectivity index (χ0n) is 9.38. The van der Waals surface area contributed by atoms with Crippen molar-refractivity contribution in [3.05, 3.63) is 0 Å². The van der Waals surface area contributed by atoms with Gasteiger partial charge in [0.05, 0.1) is 0 Å². The Hall–Kier alpha value is -0.330. The van der Waals surface area contributed by atoms with Crippen molar-refractivity contribution >= 4 is 6.29 Å². The highest BCUT2D eigenvalue weighted by atomic mass is 16.1. The third-order valence-corrected chi connectivity index (χ3v) is 2.52. The molecule has 0 heterocycles. The predicted molar refractivity (Wildman–Crippen MR) is 57.8 cm³/mol. The third kappa shape index (κ3) is 8.01. The van der Waals surface area contributed by atoms with E-state index in [0.717, 1.165) is 18.6 Å². The molecule has 1 heteroatoms. The standard InChI is InChI=1S/C12H24O/c1-4-6-12(9-10-13)8-5-7-11(2)3/h10-12H,4-9H2,1-3H3. The van der Waals surface area contributed by atoms with Crippen LogP contribution in [0.4, 0.5) is 0 Å². The van der Waals surface area contributed by atoms with Crippen LogP contribution in [0.3, 0.4) is 0 Å². The van der Waals surface area contributed by atoms with Crippen LogP contribution in [0.5, 0.6) is 0 Å². The maximum atomic E-state index is 10.4. The summed E-state index contributed by atoms with van der Waals surface area (Å²) in [6.45, 7) is 6.71. The molecule has 0 aliphatic heterocycles. The molecule has 1 unspecified atom stereocenters. The topological polar surface area (TPSA) is 17.1 Å². The molecule has 1 nitrogen and oxygen atoms in total. The van der Waals surface area contributed by atoms with E-state index in [1.807, 2.05) is 0 Å². The van der Waals surface area contributed by atoms with Crippen molar-refractivity contribution in [3.63, 3.8) is 0 Å². The van der Waals surface area contributed by atoms with E-state index < -0.39 is 0 Å². The molecule has 0 radical (unpaired) electrons. The molecule has 1 atom stereocenters. The SMILES string of the molecule is CCCC(CC=O)CCCC(C)C. The molecule has 0 aromatic rings. The van der Waals surface area contributed by atoms with Gasteiger partial charge in [-0.05, 0) is 11.8 Å². The summed E-state index contributed by atoms with van der Waals surface area (Å²) < 4.78 is 0. The van der Waals surface area contributed by atoms with Gasteiger partial charge in [0.25, 0.3) is 0 Å². The predicted octanol–water partition coefficient (Wildman–Crippen LogP) is 3.82. The Morgan fingerprint density at radius 3 is 2.31 bits per heavy atom. The minimum atomic E-state index is 0.654. The first-order chi connectivity index (χ1) is 6.20. The van der Waals surface area contributed by atoms with Crippen molar-refractivity contribution in [2.24, 2.45) is 11.8 Å². The molecule has 0 fully saturated rings. The largest absolute Gasteiger partial charge is 0.303 e. The zero-order chi connectivity index (χ0) is 10.1. The summed E-state index contributed by atoms with van der Waals surface area (Å²) in [4.78, 5) is 10.4. The molecule has 0 bridgehead atoms. The van der Waals surface area contributed by atoms with Gasteiger partial charge >= 0.3 is 0 Å². The quantitative estimate of drug-likeness (QED) is 0.524. The highest BCUT2D eigenvalue weighted by Gasteiger charge is 2.06. The van der Waals surface area contributed by atoms with Crippen LogP contribution in [-0.4, -0.2) is 6.29 Å². The molecule has 0 spiro atoms. The van der Waals surface area contributed by atoms with Gasteiger partial charge < -0.3 is 4.79 Å². The number of aldehydes is 1. The zero-order valence-corrected chi connectivity index (χ0v) is 9.38. The van der Waals surface area contributed by atoms with Crippen LogP contribution in [-0.2, 0) is 4.79 Å². The minimum Gasteiger partial charge on any atom is -0.303 e. The Morgan fingerprint density at radius 1 is 1.15 bits per heavy atom. The summed E-state index contributed by atoms with van der Waals surface area (Å²) in [5.41, 5.74) is 0. The number of hydrogen-bond acceptors (Lipinski definition) is 1. The van der Waals surface area contributed by atoms with Crippen molar-refractivity contribution in [2.45, 2.75) is 59.3 Å². The lowest BCUT2D eigenvalue weighted by molar-refractivity contribution is -0.108. The molecule has 0 rings (SSSR count). The lowest BCUT2D eigenvalue weighted by atomic mass is 9.93. The number of carbonyl (C=O) groups is 1. The van der Waals surface area contributed by atoms with Gasteiger partial charge in [-0.15, -0.1) is 0 Å². The lowest BCUT2D eigenvalue weighted by Crippen LogP contribution is -2.01. The summed E-state index contributed by atoms with van der Waals surface area (Å²) in [6, 6.07) is 0. The van der Waals surface area contributed by atoms with Gasteiger partial charge in [0.1, 0.15) is 6.29 Å². The highest BCUT2D eigenvalue weighted by Crippen LogP contribution is 2.19. The monoisotopic (exact) mass is 184 g/mol. The van der Waals surface area contributed by atoms with Crippen LogP contribution in [0.15, 0.2) is 0 Å². The molecule has 0 aliphatic rings. The Balaban J connectivity index is 3.49. The molecule has 0 saturated heterocycles. The first-order valence-electron chi connectivity index (χ1n) is 5.64. The van der Waals surface area contributed by atoms with Gasteiger partial charge in [-0.25, -0.2) is 0 Å². The summed E-state index contributed by atoms with van der Waals surface area (Å²) in [7, 11) is 0. The van der Waals surface area contributed by atoms with E-state index in [1.165, 1.54) is 32.1 Å². The second kappa shape index (κ2) is 8.28. The summed E-state index contributed by atoms with van der Waals surface area (Å²) in [5, 5.41) is 0. The maximum absolute atomic E-state index is 10.4. The second-order valence-corrected chi connectivity index (χ2v) is 4.38. The van der Waals surface area contributed by atoms with Crippen molar-refractivity contribution in [1.82, 2.24) is 0 Å². The van der Waals surface area contributed by atoms with Crippen LogP contribution in [0.25, 0.3) is 0 Å². The fourth-order valence-corrected chi connectivity index (χ4v) is 1.74. The first kappa shape index (κ1) is 12.7. The molecule has 0 aliphatic carbocycles. The molecule has 13 heavy (non-hydrogen) atoms. The maximum Gasteiger partial charge on any atom is 0.120 e. The van der Waals surface area contributed by atoms with E-state index in [2.05, 4.69) is 20.8 Å². The van der Waals surface area contributed by atoms with Gasteiger partial charge in [0.15, 0.2) is 0 Å². The number of hydrogen-bond donors (Lipinski definition) is 0. The van der Waals surface area contributed by atoms with E-state index in [4.69, 9.17) is 0 Å². The number of carbonyl (C=O) groups excluding carboxylic acids is 1. The molecule has 0 aromatic heterocycles. The van der Waals surface area contributed by atoms with Crippen LogP contribution < -0.4 is 0 Å². The Bertz CT molecular complexity index is 118. The molecule has 0 aromatic carbocycles. The van der Waals surface area contributed by atoms with E-state index in [-0.39, 0.29) is 0 Å². The average Bonchev–Trinajstić information content (AvgIpc) is 2.04. The van der Waals surface area contributed by atoms with Crippen LogP contribution >= 0.6 is 0 Å². The molecule has 78 valence electrons. The normalized spacial score (nSPS) is 13.2. The highest BCUT2D eigenvalue weighted by molar-refractivity contribution is 5.49. The van der Waals surface area contributed by atoms with Crippen LogP contribution in [0, 0.1) is 11.8 Å². The van der Waals surface area contributed by atoms with Crippen LogP contribution in [0.1, 0.15) is 59.3 Å². The van der Waals surface area contributed by atoms with Gasteiger partial charge in [0, 0.05) is 6.42 Å².